The van der Waals surface area contributed by atoms with E-state index in [0.717, 1.165) is 5.69 Å². The van der Waals surface area contributed by atoms with E-state index >= 15 is 0 Å². The van der Waals surface area contributed by atoms with Gasteiger partial charge in [-0.15, -0.1) is 0 Å². The molecule has 15 heavy (non-hydrogen) atoms. The Hall–Kier alpha value is -1.48. The van der Waals surface area contributed by atoms with E-state index in [0.29, 0.717) is 12.6 Å². The number of methoxy groups -OCH3 is 1. The van der Waals surface area contributed by atoms with Gasteiger partial charge in [0, 0.05) is 19.0 Å². The van der Waals surface area contributed by atoms with Gasteiger partial charge in [0.1, 0.15) is 0 Å². The Labute approximate surface area is 89.4 Å². The zero-order valence-corrected chi connectivity index (χ0v) is 9.10. The predicted molar refractivity (Wildman–Crippen MR) is 62.9 cm³/mol. The average Bonchev–Trinajstić information content (AvgIpc) is 2.60. The van der Waals surface area contributed by atoms with Gasteiger partial charge >= 0.3 is 0 Å². The quantitative estimate of drug-likeness (QED) is 0.780. The molecule has 2 rings (SSSR count). The number of nitrogens with zero attached hydrogens (tertiary/aromatic N) is 1. The normalized spacial score (nSPS) is 13.2. The molecule has 2 aromatic rings. The first-order valence-corrected chi connectivity index (χ1v) is 5.07. The van der Waals surface area contributed by atoms with E-state index in [1.165, 1.54) is 10.9 Å². The van der Waals surface area contributed by atoms with Gasteiger partial charge < -0.3 is 15.0 Å². The molecule has 1 atom stereocenters. The van der Waals surface area contributed by atoms with Crippen LogP contribution in [0.2, 0.25) is 0 Å². The minimum atomic E-state index is 0.328. The highest BCUT2D eigenvalue weighted by Crippen LogP contribution is 2.22. The lowest BCUT2D eigenvalue weighted by Gasteiger charge is -2.14. The largest absolute Gasteiger partial charge is 0.399 e. The standard InChI is InChI=1S/C12H16N2O/c1-9(8-15-2)14-6-5-10-3-4-11(13)7-12(10)14/h3-7,9H,8,13H2,1-2H3. The molecule has 1 heterocycles. The van der Waals surface area contributed by atoms with Crippen LogP contribution >= 0.6 is 0 Å². The predicted octanol–water partition coefficient (Wildman–Crippen LogP) is 2.43. The molecule has 1 unspecified atom stereocenters. The second-order valence-corrected chi connectivity index (χ2v) is 3.85. The van der Waals surface area contributed by atoms with Crippen molar-refractivity contribution in [3.63, 3.8) is 0 Å². The summed E-state index contributed by atoms with van der Waals surface area (Å²) in [7, 11) is 1.72. The second kappa shape index (κ2) is 3.95. The van der Waals surface area contributed by atoms with E-state index in [1.54, 1.807) is 7.11 Å². The first kappa shape index (κ1) is 10.1. The van der Waals surface area contributed by atoms with Crippen LogP contribution in [0.15, 0.2) is 30.5 Å². The van der Waals surface area contributed by atoms with E-state index in [1.807, 2.05) is 18.2 Å². The lowest BCUT2D eigenvalue weighted by Crippen LogP contribution is -2.09. The third-order valence-electron chi connectivity index (χ3n) is 2.63. The highest BCUT2D eigenvalue weighted by molar-refractivity contribution is 5.83. The van der Waals surface area contributed by atoms with Crippen molar-refractivity contribution in [2.24, 2.45) is 0 Å². The summed E-state index contributed by atoms with van der Waals surface area (Å²) in [6, 6.07) is 8.39. The smallest absolute Gasteiger partial charge is 0.0667 e. The van der Waals surface area contributed by atoms with Crippen molar-refractivity contribution in [3.8, 4) is 0 Å². The molecular formula is C12H16N2O. The van der Waals surface area contributed by atoms with Gasteiger partial charge in [-0.1, -0.05) is 6.07 Å². The molecule has 3 nitrogen and oxygen atoms in total. The number of hydrogen-bond donors (Lipinski definition) is 1. The molecule has 0 saturated heterocycles. The first-order valence-electron chi connectivity index (χ1n) is 5.07. The van der Waals surface area contributed by atoms with E-state index in [4.69, 9.17) is 10.5 Å². The van der Waals surface area contributed by atoms with Crippen LogP contribution in [-0.2, 0) is 4.74 Å². The van der Waals surface area contributed by atoms with E-state index in [9.17, 15) is 0 Å². The van der Waals surface area contributed by atoms with Crippen molar-refractivity contribution in [1.29, 1.82) is 0 Å². The summed E-state index contributed by atoms with van der Waals surface area (Å²) in [5.41, 5.74) is 7.75. The van der Waals surface area contributed by atoms with Crippen LogP contribution in [0.5, 0.6) is 0 Å². The maximum absolute atomic E-state index is 5.78. The highest BCUT2D eigenvalue weighted by atomic mass is 16.5. The van der Waals surface area contributed by atoms with E-state index in [2.05, 4.69) is 23.8 Å². The lowest BCUT2D eigenvalue weighted by molar-refractivity contribution is 0.164. The molecule has 0 aliphatic heterocycles. The Morgan fingerprint density at radius 1 is 1.40 bits per heavy atom. The fourth-order valence-corrected chi connectivity index (χ4v) is 1.87. The van der Waals surface area contributed by atoms with Crippen LogP contribution in [0.3, 0.4) is 0 Å². The first-order chi connectivity index (χ1) is 7.22. The summed E-state index contributed by atoms with van der Waals surface area (Å²) in [4.78, 5) is 0. The zero-order chi connectivity index (χ0) is 10.8. The molecule has 1 aromatic carbocycles. The summed E-state index contributed by atoms with van der Waals surface area (Å²) in [5.74, 6) is 0. The van der Waals surface area contributed by atoms with Crippen molar-refractivity contribution in [2.75, 3.05) is 19.5 Å². The SMILES string of the molecule is COCC(C)n1ccc2ccc(N)cc21. The molecule has 0 bridgehead atoms. The molecule has 3 heteroatoms. The summed E-state index contributed by atoms with van der Waals surface area (Å²) < 4.78 is 7.34. The average molecular weight is 204 g/mol. The monoisotopic (exact) mass is 204 g/mol. The molecule has 0 spiro atoms. The molecule has 0 aliphatic rings. The maximum Gasteiger partial charge on any atom is 0.0667 e. The molecule has 0 fully saturated rings. The molecule has 0 amide bonds. The molecule has 0 radical (unpaired) electrons. The van der Waals surface area contributed by atoms with Crippen molar-refractivity contribution in [3.05, 3.63) is 30.5 Å². The van der Waals surface area contributed by atoms with E-state index in [-0.39, 0.29) is 0 Å². The number of nitrogen functional groups attached to an aromatic ring is 1. The Balaban J connectivity index is 2.47. The fourth-order valence-electron chi connectivity index (χ4n) is 1.87. The van der Waals surface area contributed by atoms with Gasteiger partial charge in [-0.25, -0.2) is 0 Å². The number of aromatic nitrogens is 1. The number of rotatable bonds is 3. The molecule has 2 N–H and O–H groups in total. The summed E-state index contributed by atoms with van der Waals surface area (Å²) in [5, 5.41) is 1.21. The third-order valence-corrected chi connectivity index (χ3v) is 2.63. The van der Waals surface area contributed by atoms with Crippen molar-refractivity contribution < 1.29 is 4.74 Å². The van der Waals surface area contributed by atoms with Crippen LogP contribution < -0.4 is 5.73 Å². The summed E-state index contributed by atoms with van der Waals surface area (Å²) in [6.45, 7) is 2.84. The van der Waals surface area contributed by atoms with Crippen LogP contribution in [0.4, 0.5) is 5.69 Å². The van der Waals surface area contributed by atoms with Gasteiger partial charge in [-0.2, -0.15) is 0 Å². The highest BCUT2D eigenvalue weighted by Gasteiger charge is 2.07. The van der Waals surface area contributed by atoms with Gasteiger partial charge in [0.15, 0.2) is 0 Å². The molecule has 80 valence electrons. The van der Waals surface area contributed by atoms with Crippen molar-refractivity contribution in [1.82, 2.24) is 4.57 Å². The topological polar surface area (TPSA) is 40.2 Å². The Kier molecular flexibility index (Phi) is 2.64. The second-order valence-electron chi connectivity index (χ2n) is 3.85. The number of nitrogens with two attached hydrogens (primary N) is 1. The minimum Gasteiger partial charge on any atom is -0.399 e. The van der Waals surface area contributed by atoms with Crippen molar-refractivity contribution in [2.45, 2.75) is 13.0 Å². The molecule has 0 saturated carbocycles. The number of fused-ring (bicyclic) bond motifs is 1. The van der Waals surface area contributed by atoms with Crippen LogP contribution in [0.25, 0.3) is 10.9 Å². The van der Waals surface area contributed by atoms with Gasteiger partial charge in [-0.05, 0) is 30.5 Å². The van der Waals surface area contributed by atoms with Gasteiger partial charge in [0.2, 0.25) is 0 Å². The number of anilines is 1. The van der Waals surface area contributed by atoms with Gasteiger partial charge in [0.25, 0.3) is 0 Å². The molecule has 0 aliphatic carbocycles. The van der Waals surface area contributed by atoms with Crippen LogP contribution in [0, 0.1) is 0 Å². The Morgan fingerprint density at radius 3 is 2.93 bits per heavy atom. The van der Waals surface area contributed by atoms with Gasteiger partial charge in [0.05, 0.1) is 18.2 Å². The maximum atomic E-state index is 5.78. The minimum absolute atomic E-state index is 0.328. The molecule has 1 aromatic heterocycles. The number of ether oxygens (including phenoxy) is 1. The third kappa shape index (κ3) is 1.83. The zero-order valence-electron chi connectivity index (χ0n) is 9.10. The lowest BCUT2D eigenvalue weighted by atomic mass is 10.2. The Bertz CT molecular complexity index is 462. The summed E-state index contributed by atoms with van der Waals surface area (Å²) >= 11 is 0. The number of hydrogen-bond acceptors (Lipinski definition) is 2. The van der Waals surface area contributed by atoms with E-state index < -0.39 is 0 Å². The Morgan fingerprint density at radius 2 is 2.20 bits per heavy atom. The van der Waals surface area contributed by atoms with Gasteiger partial charge in [-0.3, -0.25) is 0 Å². The molecular weight excluding hydrogens is 188 g/mol. The number of benzene rings is 1. The van der Waals surface area contributed by atoms with Crippen LogP contribution in [0.1, 0.15) is 13.0 Å². The summed E-state index contributed by atoms with van der Waals surface area (Å²) in [6.07, 6.45) is 2.08. The van der Waals surface area contributed by atoms with Crippen molar-refractivity contribution >= 4 is 16.6 Å². The van der Waals surface area contributed by atoms with Crippen LogP contribution in [-0.4, -0.2) is 18.3 Å². The fraction of sp³-hybridized carbons (Fsp3) is 0.333.